The van der Waals surface area contributed by atoms with E-state index in [4.69, 9.17) is 22.3 Å². The molecular weight excluding hydrogens is 452 g/mol. The Hall–Kier alpha value is -2.82. The number of nitrogens with two attached hydrogens (primary N) is 1. The number of halogens is 1. The van der Waals surface area contributed by atoms with Gasteiger partial charge < -0.3 is 15.5 Å². The minimum absolute atomic E-state index is 0.128. The third kappa shape index (κ3) is 4.96. The van der Waals surface area contributed by atoms with Crippen LogP contribution in [0.15, 0.2) is 67.4 Å². The average Bonchev–Trinajstić information content (AvgIpc) is 3.65. The summed E-state index contributed by atoms with van der Waals surface area (Å²) in [5.74, 6) is 0. The molecule has 3 aromatic rings. The molecule has 2 aromatic carbocycles. The van der Waals surface area contributed by atoms with Gasteiger partial charge in [0.2, 0.25) is 0 Å². The van der Waals surface area contributed by atoms with Crippen molar-refractivity contribution < 1.29 is 0 Å². The molecule has 0 unspecified atom stereocenters. The Bertz CT molecular complexity index is 1250. The summed E-state index contributed by atoms with van der Waals surface area (Å²) in [6.07, 6.45) is 5.62. The van der Waals surface area contributed by atoms with E-state index < -0.39 is 0 Å². The standard InChI is InChI=1S/C30H35ClN4/c1-4-5-6-21(2)34-15-17-35(18-16-34)22(3)24-9-12-26-27(31)20-28(33-29(26)19-24)23-7-10-25(11-8-23)30(32)13-14-30/h7-12,19-20H,2-6,13-18,32H2,1H3. The lowest BCUT2D eigenvalue weighted by molar-refractivity contribution is 0.209. The van der Waals surface area contributed by atoms with Crippen molar-refractivity contribution in [2.45, 2.75) is 44.6 Å². The van der Waals surface area contributed by atoms with E-state index in [1.165, 1.54) is 24.1 Å². The van der Waals surface area contributed by atoms with Crippen molar-refractivity contribution in [3.8, 4) is 11.3 Å². The van der Waals surface area contributed by atoms with E-state index in [0.717, 1.165) is 78.9 Å². The smallest absolute Gasteiger partial charge is 0.0731 e. The third-order valence-corrected chi connectivity index (χ3v) is 7.88. The highest BCUT2D eigenvalue weighted by molar-refractivity contribution is 6.35. The number of pyridine rings is 1. The average molecular weight is 487 g/mol. The van der Waals surface area contributed by atoms with Crippen molar-refractivity contribution in [3.63, 3.8) is 0 Å². The molecule has 0 amide bonds. The number of hydrogen-bond donors (Lipinski definition) is 1. The summed E-state index contributed by atoms with van der Waals surface area (Å²) in [6, 6.07) is 16.7. The zero-order valence-electron chi connectivity index (χ0n) is 20.7. The Balaban J connectivity index is 1.33. The highest BCUT2D eigenvalue weighted by Gasteiger charge is 2.39. The predicted molar refractivity (Wildman–Crippen MR) is 148 cm³/mol. The summed E-state index contributed by atoms with van der Waals surface area (Å²) in [4.78, 5) is 9.77. The van der Waals surface area contributed by atoms with E-state index in [1.807, 2.05) is 6.07 Å². The van der Waals surface area contributed by atoms with Gasteiger partial charge in [-0.1, -0.05) is 74.5 Å². The predicted octanol–water partition coefficient (Wildman–Crippen LogP) is 6.80. The lowest BCUT2D eigenvalue weighted by atomic mass is 10.0. The summed E-state index contributed by atoms with van der Waals surface area (Å²) in [5.41, 5.74) is 13.6. The first-order valence-corrected chi connectivity index (χ1v) is 13.1. The van der Waals surface area contributed by atoms with E-state index in [1.54, 1.807) is 0 Å². The van der Waals surface area contributed by atoms with E-state index >= 15 is 0 Å². The van der Waals surface area contributed by atoms with Gasteiger partial charge in [0, 0.05) is 54.1 Å². The van der Waals surface area contributed by atoms with Crippen LogP contribution in [0.5, 0.6) is 0 Å². The number of piperazine rings is 1. The van der Waals surface area contributed by atoms with Gasteiger partial charge >= 0.3 is 0 Å². The van der Waals surface area contributed by atoms with Crippen LogP contribution in [-0.2, 0) is 5.54 Å². The lowest BCUT2D eigenvalue weighted by Gasteiger charge is -2.39. The second-order valence-electron chi connectivity index (χ2n) is 10.0. The summed E-state index contributed by atoms with van der Waals surface area (Å²) >= 11 is 6.68. The molecule has 1 saturated heterocycles. The summed E-state index contributed by atoms with van der Waals surface area (Å²) in [5, 5.41) is 1.67. The molecule has 35 heavy (non-hydrogen) atoms. The SMILES string of the molecule is C=C(CCCC)N1CCN(C(=C)c2ccc3c(Cl)cc(-c4ccc(C5(N)CC5)cc4)nc3c2)CC1. The van der Waals surface area contributed by atoms with Crippen LogP contribution >= 0.6 is 11.6 Å². The monoisotopic (exact) mass is 486 g/mol. The van der Waals surface area contributed by atoms with Crippen molar-refractivity contribution in [1.82, 2.24) is 14.8 Å². The zero-order valence-corrected chi connectivity index (χ0v) is 21.4. The van der Waals surface area contributed by atoms with E-state index in [0.29, 0.717) is 5.02 Å². The van der Waals surface area contributed by atoms with Gasteiger partial charge in [0.05, 0.1) is 16.2 Å². The topological polar surface area (TPSA) is 45.4 Å². The Morgan fingerprint density at radius 1 is 1.00 bits per heavy atom. The molecule has 1 aliphatic heterocycles. The molecule has 4 nitrogen and oxygen atoms in total. The normalized spacial score (nSPS) is 17.0. The number of fused-ring (bicyclic) bond motifs is 1. The molecule has 0 spiro atoms. The first-order valence-electron chi connectivity index (χ1n) is 12.7. The minimum atomic E-state index is -0.128. The van der Waals surface area contributed by atoms with Crippen LogP contribution < -0.4 is 5.73 Å². The Morgan fingerprint density at radius 3 is 2.34 bits per heavy atom. The molecule has 182 valence electrons. The van der Waals surface area contributed by atoms with Crippen LogP contribution in [0.25, 0.3) is 27.9 Å². The fourth-order valence-corrected chi connectivity index (χ4v) is 5.19. The summed E-state index contributed by atoms with van der Waals surface area (Å²) in [6.45, 7) is 14.8. The van der Waals surface area contributed by atoms with Gasteiger partial charge in [0.25, 0.3) is 0 Å². The van der Waals surface area contributed by atoms with Crippen molar-refractivity contribution in [1.29, 1.82) is 0 Å². The van der Waals surface area contributed by atoms with Crippen LogP contribution in [0.1, 0.15) is 50.2 Å². The highest BCUT2D eigenvalue weighted by Crippen LogP contribution is 2.43. The van der Waals surface area contributed by atoms with Gasteiger partial charge in [-0.15, -0.1) is 0 Å². The van der Waals surface area contributed by atoms with Gasteiger partial charge in [0.15, 0.2) is 0 Å². The van der Waals surface area contributed by atoms with E-state index in [9.17, 15) is 0 Å². The molecule has 1 aliphatic carbocycles. The quantitative estimate of drug-likeness (QED) is 0.380. The van der Waals surface area contributed by atoms with Gasteiger partial charge in [-0.05, 0) is 48.9 Å². The van der Waals surface area contributed by atoms with Crippen LogP contribution in [0.3, 0.4) is 0 Å². The van der Waals surface area contributed by atoms with Crippen molar-refractivity contribution in [2.24, 2.45) is 5.73 Å². The number of unbranched alkanes of at least 4 members (excludes halogenated alkanes) is 1. The van der Waals surface area contributed by atoms with Crippen molar-refractivity contribution >= 4 is 28.2 Å². The van der Waals surface area contributed by atoms with Gasteiger partial charge in [-0.25, -0.2) is 4.98 Å². The van der Waals surface area contributed by atoms with E-state index in [-0.39, 0.29) is 5.54 Å². The maximum Gasteiger partial charge on any atom is 0.0731 e. The molecule has 5 heteroatoms. The number of allylic oxidation sites excluding steroid dienone is 1. The molecule has 2 aliphatic rings. The highest BCUT2D eigenvalue weighted by atomic mass is 35.5. The Labute approximate surface area is 214 Å². The molecule has 1 saturated carbocycles. The molecule has 5 rings (SSSR count). The van der Waals surface area contributed by atoms with Crippen LogP contribution in [0, 0.1) is 0 Å². The van der Waals surface area contributed by atoms with Gasteiger partial charge in [-0.3, -0.25) is 0 Å². The summed E-state index contributed by atoms with van der Waals surface area (Å²) in [7, 11) is 0. The fraction of sp³-hybridized carbons (Fsp3) is 0.367. The molecule has 2 fully saturated rings. The molecule has 1 aromatic heterocycles. The number of nitrogens with zero attached hydrogens (tertiary/aromatic N) is 3. The molecule has 2 heterocycles. The molecule has 0 bridgehead atoms. The number of hydrogen-bond acceptors (Lipinski definition) is 4. The van der Waals surface area contributed by atoms with E-state index in [2.05, 4.69) is 72.3 Å². The maximum atomic E-state index is 6.68. The van der Waals surface area contributed by atoms with Crippen molar-refractivity contribution in [2.75, 3.05) is 26.2 Å². The fourth-order valence-electron chi connectivity index (χ4n) is 4.92. The second-order valence-corrected chi connectivity index (χ2v) is 10.5. The van der Waals surface area contributed by atoms with Crippen molar-refractivity contribution in [3.05, 3.63) is 83.5 Å². The first kappa shape index (κ1) is 23.9. The largest absolute Gasteiger partial charge is 0.372 e. The van der Waals surface area contributed by atoms with Gasteiger partial charge in [0.1, 0.15) is 0 Å². The molecule has 0 radical (unpaired) electrons. The molecular formula is C30H35ClN4. The Kier molecular flexibility index (Phi) is 6.61. The maximum absolute atomic E-state index is 6.68. The lowest BCUT2D eigenvalue weighted by Crippen LogP contribution is -2.44. The Morgan fingerprint density at radius 2 is 1.69 bits per heavy atom. The first-order chi connectivity index (χ1) is 16.9. The number of rotatable bonds is 8. The molecule has 2 N–H and O–H groups in total. The number of benzene rings is 2. The van der Waals surface area contributed by atoms with Gasteiger partial charge in [-0.2, -0.15) is 0 Å². The van der Waals surface area contributed by atoms with Crippen LogP contribution in [0.2, 0.25) is 5.02 Å². The van der Waals surface area contributed by atoms with Crippen LogP contribution in [-0.4, -0.2) is 41.0 Å². The zero-order chi connectivity index (χ0) is 24.6. The van der Waals surface area contributed by atoms with Crippen LogP contribution in [0.4, 0.5) is 0 Å². The number of aromatic nitrogens is 1. The summed E-state index contributed by atoms with van der Waals surface area (Å²) < 4.78 is 0. The molecule has 0 atom stereocenters. The third-order valence-electron chi connectivity index (χ3n) is 7.56. The minimum Gasteiger partial charge on any atom is -0.372 e. The second kappa shape index (κ2) is 9.67.